The number of nitrogens with zero attached hydrogens (tertiary/aromatic N) is 2. The number of rotatable bonds is 3. The summed E-state index contributed by atoms with van der Waals surface area (Å²) in [4.78, 5) is 20.8. The van der Waals surface area contributed by atoms with Crippen molar-refractivity contribution in [2.24, 2.45) is 4.99 Å². The van der Waals surface area contributed by atoms with Crippen LogP contribution in [0.2, 0.25) is 0 Å². The SMILES string of the molecule is Cc1ccccc1CN1C(=O)CC(c2ccc(Br)s2)=Nc2ccccc21. The van der Waals surface area contributed by atoms with E-state index in [2.05, 4.69) is 35.0 Å². The van der Waals surface area contributed by atoms with Crippen LogP contribution in [0.4, 0.5) is 11.4 Å². The van der Waals surface area contributed by atoms with Crippen molar-refractivity contribution >= 4 is 50.3 Å². The summed E-state index contributed by atoms with van der Waals surface area (Å²) in [7, 11) is 0. The van der Waals surface area contributed by atoms with Crippen LogP contribution in [0.15, 0.2) is 69.4 Å². The predicted octanol–water partition coefficient (Wildman–Crippen LogP) is 5.88. The Bertz CT molecular complexity index is 1010. The van der Waals surface area contributed by atoms with Crippen LogP contribution in [0, 0.1) is 6.92 Å². The number of amides is 1. The van der Waals surface area contributed by atoms with Crippen LogP contribution < -0.4 is 4.90 Å². The number of para-hydroxylation sites is 2. The maximum absolute atomic E-state index is 13.1. The molecule has 2 aromatic carbocycles. The van der Waals surface area contributed by atoms with Crippen molar-refractivity contribution in [1.82, 2.24) is 0 Å². The van der Waals surface area contributed by atoms with Crippen LogP contribution in [-0.4, -0.2) is 11.6 Å². The highest BCUT2D eigenvalue weighted by molar-refractivity contribution is 9.11. The van der Waals surface area contributed by atoms with Gasteiger partial charge in [-0.3, -0.25) is 4.79 Å². The maximum Gasteiger partial charge on any atom is 0.233 e. The summed E-state index contributed by atoms with van der Waals surface area (Å²) in [5, 5.41) is 0. The van der Waals surface area contributed by atoms with Gasteiger partial charge in [-0.05, 0) is 58.2 Å². The van der Waals surface area contributed by atoms with E-state index in [9.17, 15) is 4.79 Å². The molecule has 0 saturated carbocycles. The molecule has 3 nitrogen and oxygen atoms in total. The van der Waals surface area contributed by atoms with E-state index in [0.29, 0.717) is 13.0 Å². The third-order valence-electron chi connectivity index (χ3n) is 4.50. The lowest BCUT2D eigenvalue weighted by Crippen LogP contribution is -2.31. The molecular weight excluding hydrogens is 408 g/mol. The number of benzene rings is 2. The third-order valence-corrected chi connectivity index (χ3v) is 6.17. The monoisotopic (exact) mass is 424 g/mol. The standard InChI is InChI=1S/C21H17BrN2OS/c1-14-6-2-3-7-15(14)13-24-18-9-5-4-8-16(18)23-17(12-21(24)25)19-10-11-20(22)26-19/h2-11H,12-13H2,1H3. The molecule has 0 fully saturated rings. The largest absolute Gasteiger partial charge is 0.306 e. The summed E-state index contributed by atoms with van der Waals surface area (Å²) in [6.07, 6.45) is 0.299. The van der Waals surface area contributed by atoms with Crippen molar-refractivity contribution in [2.45, 2.75) is 19.9 Å². The zero-order valence-corrected chi connectivity index (χ0v) is 16.7. The number of fused-ring (bicyclic) bond motifs is 1. The lowest BCUT2D eigenvalue weighted by molar-refractivity contribution is -0.117. The van der Waals surface area contributed by atoms with Gasteiger partial charge in [-0.25, -0.2) is 4.99 Å². The van der Waals surface area contributed by atoms with Gasteiger partial charge in [0, 0.05) is 0 Å². The van der Waals surface area contributed by atoms with Gasteiger partial charge in [0.1, 0.15) is 0 Å². The van der Waals surface area contributed by atoms with Gasteiger partial charge in [0.05, 0.1) is 38.7 Å². The fraction of sp³-hybridized carbons (Fsp3) is 0.143. The molecule has 4 rings (SSSR count). The summed E-state index contributed by atoms with van der Waals surface area (Å²) in [6, 6.07) is 20.1. The minimum atomic E-state index is 0.0708. The fourth-order valence-electron chi connectivity index (χ4n) is 3.09. The summed E-state index contributed by atoms with van der Waals surface area (Å²) < 4.78 is 1.04. The molecule has 1 aliphatic heterocycles. The van der Waals surface area contributed by atoms with Crippen LogP contribution in [0.3, 0.4) is 0 Å². The van der Waals surface area contributed by atoms with E-state index in [0.717, 1.165) is 31.3 Å². The molecule has 5 heteroatoms. The first-order valence-corrected chi connectivity index (χ1v) is 10.00. The molecular formula is C21H17BrN2OS. The van der Waals surface area contributed by atoms with Gasteiger partial charge in [0.2, 0.25) is 5.91 Å². The molecule has 0 radical (unpaired) electrons. The van der Waals surface area contributed by atoms with Gasteiger partial charge in [-0.1, -0.05) is 36.4 Å². The number of hydrogen-bond acceptors (Lipinski definition) is 3. The Morgan fingerprint density at radius 3 is 2.62 bits per heavy atom. The average Bonchev–Trinajstić information content (AvgIpc) is 3.01. The minimum absolute atomic E-state index is 0.0708. The normalized spacial score (nSPS) is 14.0. The molecule has 1 aliphatic rings. The number of aryl methyl sites for hydroxylation is 1. The van der Waals surface area contributed by atoms with Gasteiger partial charge in [0.15, 0.2) is 0 Å². The van der Waals surface area contributed by atoms with Gasteiger partial charge in [0.25, 0.3) is 0 Å². The number of halogens is 1. The molecule has 0 saturated heterocycles. The zero-order chi connectivity index (χ0) is 18.1. The Labute approximate surface area is 165 Å². The van der Waals surface area contributed by atoms with E-state index >= 15 is 0 Å². The third kappa shape index (κ3) is 3.37. The van der Waals surface area contributed by atoms with Crippen LogP contribution >= 0.6 is 27.3 Å². The smallest absolute Gasteiger partial charge is 0.233 e. The number of carbonyl (C=O) groups excluding carboxylic acids is 1. The number of aliphatic imine (C=N–C) groups is 1. The molecule has 0 atom stereocenters. The summed E-state index contributed by atoms with van der Waals surface area (Å²) in [5.41, 5.74) is 4.87. The van der Waals surface area contributed by atoms with E-state index in [1.165, 1.54) is 5.56 Å². The number of hydrogen-bond donors (Lipinski definition) is 0. The molecule has 0 aliphatic carbocycles. The summed E-state index contributed by atoms with van der Waals surface area (Å²) in [6.45, 7) is 2.63. The fourth-order valence-corrected chi connectivity index (χ4v) is 4.46. The topological polar surface area (TPSA) is 32.7 Å². The van der Waals surface area contributed by atoms with Crippen LogP contribution in [0.25, 0.3) is 0 Å². The molecule has 1 amide bonds. The lowest BCUT2D eigenvalue weighted by Gasteiger charge is -2.23. The quantitative estimate of drug-likeness (QED) is 0.516. The number of anilines is 1. The van der Waals surface area contributed by atoms with Crippen molar-refractivity contribution in [3.63, 3.8) is 0 Å². The molecule has 2 heterocycles. The molecule has 130 valence electrons. The lowest BCUT2D eigenvalue weighted by atomic mass is 10.1. The number of carbonyl (C=O) groups is 1. The Balaban J connectivity index is 1.76. The maximum atomic E-state index is 13.1. The van der Waals surface area contributed by atoms with E-state index in [1.54, 1.807) is 11.3 Å². The van der Waals surface area contributed by atoms with Crippen molar-refractivity contribution < 1.29 is 4.79 Å². The van der Waals surface area contributed by atoms with Crippen molar-refractivity contribution in [2.75, 3.05) is 4.90 Å². The number of thiophene rings is 1. The van der Waals surface area contributed by atoms with Gasteiger partial charge in [-0.2, -0.15) is 0 Å². The Hall–Kier alpha value is -2.24. The second kappa shape index (κ2) is 7.17. The van der Waals surface area contributed by atoms with E-state index in [4.69, 9.17) is 4.99 Å². The summed E-state index contributed by atoms with van der Waals surface area (Å²) in [5.74, 6) is 0.0708. The highest BCUT2D eigenvalue weighted by atomic mass is 79.9. The van der Waals surface area contributed by atoms with E-state index in [1.807, 2.05) is 53.4 Å². The molecule has 0 spiro atoms. The Morgan fingerprint density at radius 2 is 1.85 bits per heavy atom. The second-order valence-corrected chi connectivity index (χ2v) is 8.70. The summed E-state index contributed by atoms with van der Waals surface area (Å²) >= 11 is 5.10. The molecule has 1 aromatic heterocycles. The Kier molecular flexibility index (Phi) is 4.74. The van der Waals surface area contributed by atoms with Gasteiger partial charge in [-0.15, -0.1) is 11.3 Å². The highest BCUT2D eigenvalue weighted by Crippen LogP contribution is 2.35. The Morgan fingerprint density at radius 1 is 1.08 bits per heavy atom. The van der Waals surface area contributed by atoms with Crippen molar-refractivity contribution in [1.29, 1.82) is 0 Å². The molecule has 3 aromatic rings. The van der Waals surface area contributed by atoms with Crippen LogP contribution in [0.1, 0.15) is 22.4 Å². The van der Waals surface area contributed by atoms with Gasteiger partial charge >= 0.3 is 0 Å². The molecule has 0 unspecified atom stereocenters. The van der Waals surface area contributed by atoms with Gasteiger partial charge < -0.3 is 4.90 Å². The van der Waals surface area contributed by atoms with Crippen LogP contribution in [0.5, 0.6) is 0 Å². The van der Waals surface area contributed by atoms with Crippen LogP contribution in [-0.2, 0) is 11.3 Å². The first-order chi connectivity index (χ1) is 12.6. The van der Waals surface area contributed by atoms with E-state index in [-0.39, 0.29) is 5.91 Å². The average molecular weight is 425 g/mol. The highest BCUT2D eigenvalue weighted by Gasteiger charge is 2.25. The zero-order valence-electron chi connectivity index (χ0n) is 14.3. The van der Waals surface area contributed by atoms with Crippen molar-refractivity contribution in [3.05, 3.63) is 80.5 Å². The first-order valence-electron chi connectivity index (χ1n) is 8.39. The van der Waals surface area contributed by atoms with E-state index < -0.39 is 0 Å². The molecule has 26 heavy (non-hydrogen) atoms. The first kappa shape index (κ1) is 17.2. The minimum Gasteiger partial charge on any atom is -0.306 e. The predicted molar refractivity (Wildman–Crippen MR) is 112 cm³/mol. The molecule has 0 N–H and O–H groups in total. The molecule has 0 bridgehead atoms. The van der Waals surface area contributed by atoms with Crippen molar-refractivity contribution in [3.8, 4) is 0 Å². The second-order valence-electron chi connectivity index (χ2n) is 6.23.